The summed E-state index contributed by atoms with van der Waals surface area (Å²) < 4.78 is 29.8. The summed E-state index contributed by atoms with van der Waals surface area (Å²) in [6.45, 7) is 8.24. The zero-order valence-corrected chi connectivity index (χ0v) is 12.0. The van der Waals surface area contributed by atoms with Gasteiger partial charge in [0, 0.05) is 0 Å². The maximum absolute atomic E-state index is 11.9. The monoisotopic (exact) mass is 263 g/mol. The Morgan fingerprint density at radius 1 is 1.29 bits per heavy atom. The maximum Gasteiger partial charge on any atom is 0.327 e. The fraction of sp³-hybridized carbons (Fsp3) is 0.727. The van der Waals surface area contributed by atoms with Gasteiger partial charge in [0.05, 0.1) is 11.9 Å². The summed E-state index contributed by atoms with van der Waals surface area (Å²) in [6.07, 6.45) is 1.52. The van der Waals surface area contributed by atoms with E-state index < -0.39 is 26.8 Å². The molecule has 100 valence electrons. The van der Waals surface area contributed by atoms with E-state index in [1.165, 1.54) is 13.2 Å². The summed E-state index contributed by atoms with van der Waals surface area (Å²) in [5.41, 5.74) is 0.831. The number of carbonyl (C=O) groups is 1. The summed E-state index contributed by atoms with van der Waals surface area (Å²) in [5.74, 6) is -0.626. The second kappa shape index (κ2) is 5.64. The molecular weight excluding hydrogens is 242 g/mol. The Morgan fingerprint density at radius 2 is 1.76 bits per heavy atom. The summed E-state index contributed by atoms with van der Waals surface area (Å²) in [6, 6.07) is -0.978. The average molecular weight is 263 g/mol. The first-order chi connectivity index (χ1) is 7.51. The Morgan fingerprint density at radius 3 is 2.06 bits per heavy atom. The predicted octanol–water partition coefficient (Wildman–Crippen LogP) is 1.21. The van der Waals surface area contributed by atoms with Crippen molar-refractivity contribution in [3.8, 4) is 0 Å². The lowest BCUT2D eigenvalue weighted by molar-refractivity contribution is -0.141. The van der Waals surface area contributed by atoms with E-state index in [1.54, 1.807) is 34.6 Å². The molecule has 0 aromatic heterocycles. The topological polar surface area (TPSA) is 72.5 Å². The largest absolute Gasteiger partial charge is 0.468 e. The molecule has 0 fully saturated rings. The van der Waals surface area contributed by atoms with Gasteiger partial charge >= 0.3 is 5.97 Å². The minimum atomic E-state index is -3.59. The lowest BCUT2D eigenvalue weighted by Gasteiger charge is -2.22. The number of ether oxygens (including phenoxy) is 1. The van der Waals surface area contributed by atoms with Crippen molar-refractivity contribution in [2.75, 3.05) is 7.11 Å². The van der Waals surface area contributed by atoms with Crippen molar-refractivity contribution < 1.29 is 17.9 Å². The van der Waals surface area contributed by atoms with Crippen molar-refractivity contribution in [3.05, 3.63) is 11.6 Å². The molecule has 6 heteroatoms. The highest BCUT2D eigenvalue weighted by atomic mass is 32.2. The zero-order chi connectivity index (χ0) is 13.9. The molecule has 0 bridgehead atoms. The van der Waals surface area contributed by atoms with Gasteiger partial charge in [0.25, 0.3) is 0 Å². The van der Waals surface area contributed by atoms with Gasteiger partial charge in [-0.1, -0.05) is 11.6 Å². The third kappa shape index (κ3) is 4.87. The Hall–Kier alpha value is -0.880. The Bertz CT molecular complexity index is 400. The van der Waals surface area contributed by atoms with Gasteiger partial charge in [-0.2, -0.15) is 4.72 Å². The smallest absolute Gasteiger partial charge is 0.327 e. The SMILES string of the molecule is COC(=O)[C@H](C=C(C)C)NS(=O)(=O)C(C)(C)C. The minimum absolute atomic E-state index is 0.626. The zero-order valence-electron chi connectivity index (χ0n) is 11.2. The van der Waals surface area contributed by atoms with E-state index in [-0.39, 0.29) is 0 Å². The third-order valence-electron chi connectivity index (χ3n) is 2.04. The summed E-state index contributed by atoms with van der Waals surface area (Å²) in [4.78, 5) is 11.5. The molecule has 0 spiro atoms. The molecule has 1 N–H and O–H groups in total. The molecule has 0 aliphatic heterocycles. The van der Waals surface area contributed by atoms with Crippen LogP contribution in [0.4, 0.5) is 0 Å². The number of carbonyl (C=O) groups excluding carboxylic acids is 1. The number of nitrogens with one attached hydrogen (secondary N) is 1. The fourth-order valence-corrected chi connectivity index (χ4v) is 1.81. The van der Waals surface area contributed by atoms with Crippen molar-refractivity contribution >= 4 is 16.0 Å². The van der Waals surface area contributed by atoms with Gasteiger partial charge < -0.3 is 4.74 Å². The molecule has 1 atom stereocenters. The molecule has 0 aliphatic carbocycles. The predicted molar refractivity (Wildman–Crippen MR) is 67.0 cm³/mol. The van der Waals surface area contributed by atoms with Gasteiger partial charge in [-0.3, -0.25) is 0 Å². The molecule has 0 heterocycles. The average Bonchev–Trinajstić information content (AvgIpc) is 2.12. The van der Waals surface area contributed by atoms with Crippen LogP contribution in [0.25, 0.3) is 0 Å². The Kier molecular flexibility index (Phi) is 5.35. The van der Waals surface area contributed by atoms with Crippen LogP contribution in [0.2, 0.25) is 0 Å². The van der Waals surface area contributed by atoms with Gasteiger partial charge in [0.15, 0.2) is 0 Å². The molecule has 0 rings (SSSR count). The fourth-order valence-electron chi connectivity index (χ4n) is 0.954. The first-order valence-corrected chi connectivity index (χ1v) is 6.74. The highest BCUT2D eigenvalue weighted by molar-refractivity contribution is 7.90. The molecule has 0 saturated heterocycles. The number of rotatable bonds is 4. The van der Waals surface area contributed by atoms with Crippen LogP contribution in [-0.4, -0.2) is 32.3 Å². The van der Waals surface area contributed by atoms with Crippen molar-refractivity contribution in [2.45, 2.75) is 45.4 Å². The third-order valence-corrected chi connectivity index (χ3v) is 4.22. The standard InChI is InChI=1S/C11H21NO4S/c1-8(2)7-9(10(13)16-6)12-17(14,15)11(3,4)5/h7,9,12H,1-6H3/t9-/m0/s1. The number of methoxy groups -OCH3 is 1. The lowest BCUT2D eigenvalue weighted by atomic mass is 10.2. The van der Waals surface area contributed by atoms with E-state index in [2.05, 4.69) is 9.46 Å². The van der Waals surface area contributed by atoms with E-state index in [4.69, 9.17) is 0 Å². The van der Waals surface area contributed by atoms with Gasteiger partial charge in [-0.15, -0.1) is 0 Å². The van der Waals surface area contributed by atoms with Crippen molar-refractivity contribution in [3.63, 3.8) is 0 Å². The second-order valence-electron chi connectivity index (χ2n) is 4.98. The first-order valence-electron chi connectivity index (χ1n) is 5.26. The Balaban J connectivity index is 5.16. The van der Waals surface area contributed by atoms with Crippen LogP contribution < -0.4 is 4.72 Å². The molecule has 0 aromatic rings. The van der Waals surface area contributed by atoms with Gasteiger partial charge in [0.1, 0.15) is 6.04 Å². The normalized spacial score (nSPS) is 14.0. The van der Waals surface area contributed by atoms with Crippen molar-refractivity contribution in [1.82, 2.24) is 4.72 Å². The van der Waals surface area contributed by atoms with Crippen LogP contribution in [0.3, 0.4) is 0 Å². The highest BCUT2D eigenvalue weighted by Crippen LogP contribution is 2.14. The number of esters is 1. The van der Waals surface area contributed by atoms with Gasteiger partial charge in [-0.05, 0) is 34.6 Å². The van der Waals surface area contributed by atoms with E-state index in [9.17, 15) is 13.2 Å². The molecule has 0 saturated carbocycles. The summed E-state index contributed by atoms with van der Waals surface area (Å²) in [7, 11) is -2.37. The van der Waals surface area contributed by atoms with Crippen LogP contribution in [0, 0.1) is 0 Å². The van der Waals surface area contributed by atoms with E-state index in [0.717, 1.165) is 5.57 Å². The van der Waals surface area contributed by atoms with Crippen LogP contribution >= 0.6 is 0 Å². The van der Waals surface area contributed by atoms with E-state index >= 15 is 0 Å². The highest BCUT2D eigenvalue weighted by Gasteiger charge is 2.33. The summed E-state index contributed by atoms with van der Waals surface area (Å²) >= 11 is 0. The minimum Gasteiger partial charge on any atom is -0.468 e. The van der Waals surface area contributed by atoms with Crippen LogP contribution in [0.1, 0.15) is 34.6 Å². The van der Waals surface area contributed by atoms with Gasteiger partial charge in [-0.25, -0.2) is 13.2 Å². The molecule has 0 unspecified atom stereocenters. The maximum atomic E-state index is 11.9. The quantitative estimate of drug-likeness (QED) is 0.611. The second-order valence-corrected chi connectivity index (χ2v) is 7.45. The molecule has 0 radical (unpaired) electrons. The summed E-state index contributed by atoms with van der Waals surface area (Å²) in [5, 5.41) is 0. The van der Waals surface area contributed by atoms with Crippen molar-refractivity contribution in [1.29, 1.82) is 0 Å². The molecule has 0 amide bonds. The molecule has 17 heavy (non-hydrogen) atoms. The van der Waals surface area contributed by atoms with Gasteiger partial charge in [0.2, 0.25) is 10.0 Å². The van der Waals surface area contributed by atoms with Crippen LogP contribution in [-0.2, 0) is 19.6 Å². The number of allylic oxidation sites excluding steroid dienone is 1. The first kappa shape index (κ1) is 16.1. The number of hydrogen-bond donors (Lipinski definition) is 1. The number of sulfonamides is 1. The molecule has 5 nitrogen and oxygen atoms in total. The molecule has 0 aliphatic rings. The lowest BCUT2D eigenvalue weighted by Crippen LogP contribution is -2.47. The van der Waals surface area contributed by atoms with Crippen LogP contribution in [0.5, 0.6) is 0 Å². The Labute approximate surface area is 103 Å². The van der Waals surface area contributed by atoms with E-state index in [1.807, 2.05) is 0 Å². The molecular formula is C11H21NO4S. The van der Waals surface area contributed by atoms with Crippen LogP contribution in [0.15, 0.2) is 11.6 Å². The van der Waals surface area contributed by atoms with E-state index in [0.29, 0.717) is 0 Å². The molecule has 0 aromatic carbocycles. The number of hydrogen-bond acceptors (Lipinski definition) is 4. The van der Waals surface area contributed by atoms with Crippen molar-refractivity contribution in [2.24, 2.45) is 0 Å².